The van der Waals surface area contributed by atoms with E-state index in [2.05, 4.69) is 10.6 Å². The number of Topliss-reactive ketones (excluding diaryl/α,β-unsaturated/α-hetero) is 1. The third kappa shape index (κ3) is 9.89. The van der Waals surface area contributed by atoms with Crippen LogP contribution in [-0.2, 0) is 9.59 Å². The molecule has 0 spiro atoms. The fourth-order valence-electron chi connectivity index (χ4n) is 3.23. The van der Waals surface area contributed by atoms with E-state index in [0.717, 1.165) is 55.5 Å². The van der Waals surface area contributed by atoms with Crippen LogP contribution >= 0.6 is 0 Å². The summed E-state index contributed by atoms with van der Waals surface area (Å²) in [7, 11) is 0. The van der Waals surface area contributed by atoms with Crippen LogP contribution in [0, 0.1) is 6.92 Å². The van der Waals surface area contributed by atoms with E-state index in [1.54, 1.807) is 0 Å². The number of aryl methyl sites for hydroxylation is 1. The summed E-state index contributed by atoms with van der Waals surface area (Å²) in [4.78, 5) is 35.1. The zero-order chi connectivity index (χ0) is 24.3. The Morgan fingerprint density at radius 1 is 0.667 bits per heavy atom. The Bertz CT molecular complexity index is 923. The molecule has 8 heteroatoms. The van der Waals surface area contributed by atoms with Crippen molar-refractivity contribution in [1.29, 1.82) is 0 Å². The van der Waals surface area contributed by atoms with E-state index >= 15 is 0 Å². The van der Waals surface area contributed by atoms with Gasteiger partial charge < -0.3 is 10.6 Å². The summed E-state index contributed by atoms with van der Waals surface area (Å²) in [6.07, 6.45) is 1.13. The highest BCUT2D eigenvalue weighted by molar-refractivity contribution is 6.00. The van der Waals surface area contributed by atoms with Gasteiger partial charge in [0.15, 0.2) is 0 Å². The molecule has 0 aliphatic rings. The maximum absolute atomic E-state index is 12.4. The molecule has 0 unspecified atom stereocenters. The van der Waals surface area contributed by atoms with E-state index < -0.39 is 17.5 Å². The molecule has 0 bridgehead atoms. The second kappa shape index (κ2) is 12.8. The highest BCUT2D eigenvalue weighted by atomic mass is 19.4. The summed E-state index contributed by atoms with van der Waals surface area (Å²) >= 11 is 0. The van der Waals surface area contributed by atoms with Crippen molar-refractivity contribution in [2.24, 2.45) is 0 Å². The number of anilines is 2. The molecule has 178 valence electrons. The van der Waals surface area contributed by atoms with E-state index in [9.17, 15) is 27.6 Å². The Hall–Kier alpha value is -3.16. The van der Waals surface area contributed by atoms with Crippen molar-refractivity contribution in [3.63, 3.8) is 0 Å². The van der Waals surface area contributed by atoms with Gasteiger partial charge in [-0.25, -0.2) is 0 Å². The van der Waals surface area contributed by atoms with Crippen LogP contribution in [-0.4, -0.2) is 23.8 Å². The molecule has 2 N–H and O–H groups in total. The third-order valence-corrected chi connectivity index (χ3v) is 5.08. The highest BCUT2D eigenvalue weighted by Gasteiger charge is 2.39. The molecule has 2 amide bonds. The minimum atomic E-state index is -4.92. The predicted octanol–water partition coefficient (Wildman–Crippen LogP) is 6.44. The number of benzene rings is 2. The summed E-state index contributed by atoms with van der Waals surface area (Å²) in [6, 6.07) is 12.3. The Kier molecular flexibility index (Phi) is 10.1. The van der Waals surface area contributed by atoms with Gasteiger partial charge in [0.05, 0.1) is 0 Å². The third-order valence-electron chi connectivity index (χ3n) is 5.08. The normalized spacial score (nSPS) is 11.2. The van der Waals surface area contributed by atoms with Gasteiger partial charge in [0.2, 0.25) is 11.8 Å². The first-order chi connectivity index (χ1) is 15.6. The number of carbonyl (C=O) groups is 3. The summed E-state index contributed by atoms with van der Waals surface area (Å²) < 4.78 is 37.2. The summed E-state index contributed by atoms with van der Waals surface area (Å²) in [5.74, 6) is -2.13. The molecule has 0 aromatic heterocycles. The maximum Gasteiger partial charge on any atom is 0.454 e. The second-order valence-corrected chi connectivity index (χ2v) is 7.99. The molecule has 33 heavy (non-hydrogen) atoms. The largest absolute Gasteiger partial charge is 0.454 e. The van der Waals surface area contributed by atoms with Gasteiger partial charge in [0, 0.05) is 29.8 Å². The summed E-state index contributed by atoms with van der Waals surface area (Å²) in [5, 5.41) is 5.50. The number of alkyl halides is 3. The fraction of sp³-hybridized carbons (Fsp3) is 0.400. The number of nitrogens with one attached hydrogen (secondary N) is 2. The molecule has 0 aliphatic carbocycles. The number of halogens is 3. The van der Waals surface area contributed by atoms with E-state index in [0.29, 0.717) is 24.9 Å². The smallest absolute Gasteiger partial charge is 0.326 e. The zero-order valence-electron chi connectivity index (χ0n) is 18.6. The minimum absolute atomic E-state index is 0.00586. The average Bonchev–Trinajstić information content (AvgIpc) is 2.76. The Labute approximate surface area is 191 Å². The topological polar surface area (TPSA) is 75.3 Å². The monoisotopic (exact) mass is 462 g/mol. The van der Waals surface area contributed by atoms with Gasteiger partial charge >= 0.3 is 6.18 Å². The standard InChI is InChI=1S/C25H29F3N2O3/c1-18-10-14-20(15-11-18)29-22(31)8-6-4-2-3-5-7-9-23(32)30-21-16-12-19(13-17-21)24(33)25(26,27)28/h10-17H,2-9H2,1H3,(H,29,31)(H,30,32). The van der Waals surface area contributed by atoms with Gasteiger partial charge in [0.1, 0.15) is 0 Å². The number of carbonyl (C=O) groups excluding carboxylic acids is 3. The van der Waals surface area contributed by atoms with Crippen molar-refractivity contribution < 1.29 is 27.6 Å². The second-order valence-electron chi connectivity index (χ2n) is 7.99. The van der Waals surface area contributed by atoms with Gasteiger partial charge in [-0.3, -0.25) is 14.4 Å². The molecule has 0 saturated heterocycles. The lowest BCUT2D eigenvalue weighted by atomic mass is 10.1. The van der Waals surface area contributed by atoms with Crippen LogP contribution in [0.4, 0.5) is 24.5 Å². The van der Waals surface area contributed by atoms with Crippen LogP contribution in [0.2, 0.25) is 0 Å². The van der Waals surface area contributed by atoms with E-state index in [4.69, 9.17) is 0 Å². The lowest BCUT2D eigenvalue weighted by molar-refractivity contribution is -0.117. The first kappa shape index (κ1) is 26.1. The van der Waals surface area contributed by atoms with Crippen LogP contribution in [0.25, 0.3) is 0 Å². The first-order valence-electron chi connectivity index (χ1n) is 11.0. The van der Waals surface area contributed by atoms with Crippen LogP contribution in [0.1, 0.15) is 67.3 Å². The van der Waals surface area contributed by atoms with Crippen LogP contribution in [0.15, 0.2) is 48.5 Å². The van der Waals surface area contributed by atoms with Crippen LogP contribution < -0.4 is 10.6 Å². The lowest BCUT2D eigenvalue weighted by Crippen LogP contribution is -2.22. The fourth-order valence-corrected chi connectivity index (χ4v) is 3.23. The molecule has 0 radical (unpaired) electrons. The van der Waals surface area contributed by atoms with Gasteiger partial charge in [0.25, 0.3) is 5.78 Å². The first-order valence-corrected chi connectivity index (χ1v) is 11.0. The number of unbranched alkanes of at least 4 members (excludes halogenated alkanes) is 5. The molecule has 2 rings (SSSR count). The predicted molar refractivity (Wildman–Crippen MR) is 122 cm³/mol. The number of hydrogen-bond donors (Lipinski definition) is 2. The molecule has 0 fully saturated rings. The highest BCUT2D eigenvalue weighted by Crippen LogP contribution is 2.22. The van der Waals surface area contributed by atoms with E-state index in [1.165, 1.54) is 12.1 Å². The Balaban J connectivity index is 1.52. The summed E-state index contributed by atoms with van der Waals surface area (Å²) in [6.45, 7) is 1.99. The molecule has 0 aliphatic heterocycles. The zero-order valence-corrected chi connectivity index (χ0v) is 18.6. The molecule has 2 aromatic rings. The van der Waals surface area contributed by atoms with Crippen molar-refractivity contribution in [3.8, 4) is 0 Å². The molecule has 2 aromatic carbocycles. The average molecular weight is 463 g/mol. The SMILES string of the molecule is Cc1ccc(NC(=O)CCCCCCCCC(=O)Nc2ccc(C(=O)C(F)(F)F)cc2)cc1. The summed E-state index contributed by atoms with van der Waals surface area (Å²) in [5.41, 5.74) is 1.83. The molecule has 0 heterocycles. The van der Waals surface area contributed by atoms with Gasteiger partial charge in [-0.15, -0.1) is 0 Å². The lowest BCUT2D eigenvalue weighted by Gasteiger charge is -2.08. The van der Waals surface area contributed by atoms with Crippen molar-refractivity contribution in [1.82, 2.24) is 0 Å². The maximum atomic E-state index is 12.4. The van der Waals surface area contributed by atoms with Gasteiger partial charge in [-0.05, 0) is 56.2 Å². The molecule has 0 atom stereocenters. The number of rotatable bonds is 12. The van der Waals surface area contributed by atoms with Crippen molar-refractivity contribution >= 4 is 29.0 Å². The quantitative estimate of drug-likeness (QED) is 0.282. The van der Waals surface area contributed by atoms with Crippen LogP contribution in [0.5, 0.6) is 0 Å². The van der Waals surface area contributed by atoms with Crippen molar-refractivity contribution in [2.45, 2.75) is 64.5 Å². The minimum Gasteiger partial charge on any atom is -0.326 e. The number of hydrogen-bond acceptors (Lipinski definition) is 3. The van der Waals surface area contributed by atoms with Gasteiger partial charge in [-0.2, -0.15) is 13.2 Å². The number of amides is 2. The van der Waals surface area contributed by atoms with Crippen molar-refractivity contribution in [3.05, 3.63) is 59.7 Å². The van der Waals surface area contributed by atoms with E-state index in [-0.39, 0.29) is 11.8 Å². The molecule has 5 nitrogen and oxygen atoms in total. The van der Waals surface area contributed by atoms with E-state index in [1.807, 2.05) is 31.2 Å². The Morgan fingerprint density at radius 2 is 1.06 bits per heavy atom. The van der Waals surface area contributed by atoms with Crippen molar-refractivity contribution in [2.75, 3.05) is 10.6 Å². The number of ketones is 1. The Morgan fingerprint density at radius 3 is 1.48 bits per heavy atom. The molecular formula is C25H29F3N2O3. The van der Waals surface area contributed by atoms with Crippen LogP contribution in [0.3, 0.4) is 0 Å². The van der Waals surface area contributed by atoms with Gasteiger partial charge in [-0.1, -0.05) is 43.4 Å². The molecule has 0 saturated carbocycles. The molecular weight excluding hydrogens is 433 g/mol.